The standard InChI is InChI=1S/C21H24BrN3O4S/c1-13(2)29-18-9-6-15(12-17(18)22)20(27)25-21(30)24-16-7-4-14(5-8-16)19(26)23-10-11-28-3/h4-9,12-13H,10-11H2,1-3H3,(H,23,26)(H2,24,25,27,30). The van der Waals surface area contributed by atoms with Gasteiger partial charge in [-0.3, -0.25) is 14.9 Å². The van der Waals surface area contributed by atoms with Gasteiger partial charge in [0, 0.05) is 30.5 Å². The molecule has 0 aliphatic heterocycles. The van der Waals surface area contributed by atoms with Gasteiger partial charge in [0.05, 0.1) is 17.2 Å². The molecule has 0 aliphatic carbocycles. The zero-order valence-electron chi connectivity index (χ0n) is 17.0. The molecule has 3 N–H and O–H groups in total. The highest BCUT2D eigenvalue weighted by Crippen LogP contribution is 2.27. The summed E-state index contributed by atoms with van der Waals surface area (Å²) in [4.78, 5) is 24.4. The molecular weight excluding hydrogens is 470 g/mol. The fourth-order valence-electron chi connectivity index (χ4n) is 2.40. The summed E-state index contributed by atoms with van der Waals surface area (Å²) in [6.45, 7) is 4.74. The van der Waals surface area contributed by atoms with Crippen LogP contribution in [0.1, 0.15) is 34.6 Å². The van der Waals surface area contributed by atoms with Crippen molar-refractivity contribution >= 4 is 50.8 Å². The molecule has 0 atom stereocenters. The van der Waals surface area contributed by atoms with Crippen LogP contribution in [-0.4, -0.2) is 43.3 Å². The minimum atomic E-state index is -0.349. The van der Waals surface area contributed by atoms with Crippen LogP contribution in [0.3, 0.4) is 0 Å². The van der Waals surface area contributed by atoms with Crippen molar-refractivity contribution in [3.8, 4) is 5.75 Å². The van der Waals surface area contributed by atoms with Crippen LogP contribution < -0.4 is 20.7 Å². The molecule has 0 aromatic heterocycles. The second-order valence-corrected chi connectivity index (χ2v) is 7.81. The van der Waals surface area contributed by atoms with E-state index in [-0.39, 0.29) is 23.0 Å². The Kier molecular flexibility index (Phi) is 9.22. The van der Waals surface area contributed by atoms with Gasteiger partial charge in [-0.1, -0.05) is 0 Å². The van der Waals surface area contributed by atoms with Gasteiger partial charge in [0.25, 0.3) is 11.8 Å². The Bertz CT molecular complexity index is 904. The number of amides is 2. The van der Waals surface area contributed by atoms with Crippen molar-refractivity contribution in [3.63, 3.8) is 0 Å². The van der Waals surface area contributed by atoms with Crippen LogP contribution in [0.25, 0.3) is 0 Å². The lowest BCUT2D eigenvalue weighted by Gasteiger charge is -2.13. The minimum absolute atomic E-state index is 0.0283. The maximum atomic E-state index is 12.4. The molecule has 2 aromatic rings. The van der Waals surface area contributed by atoms with Crippen molar-refractivity contribution in [3.05, 3.63) is 58.1 Å². The molecule has 0 aliphatic rings. The molecule has 2 amide bonds. The van der Waals surface area contributed by atoms with E-state index >= 15 is 0 Å². The normalized spacial score (nSPS) is 10.4. The van der Waals surface area contributed by atoms with Gasteiger partial charge in [-0.2, -0.15) is 0 Å². The highest BCUT2D eigenvalue weighted by atomic mass is 79.9. The number of hydrogen-bond acceptors (Lipinski definition) is 5. The van der Waals surface area contributed by atoms with E-state index in [1.54, 1.807) is 49.6 Å². The predicted molar refractivity (Wildman–Crippen MR) is 124 cm³/mol. The van der Waals surface area contributed by atoms with Crippen molar-refractivity contribution in [2.24, 2.45) is 0 Å². The monoisotopic (exact) mass is 493 g/mol. The number of ether oxygens (including phenoxy) is 2. The van der Waals surface area contributed by atoms with E-state index in [1.807, 2.05) is 13.8 Å². The van der Waals surface area contributed by atoms with Crippen molar-refractivity contribution in [2.45, 2.75) is 20.0 Å². The quantitative estimate of drug-likeness (QED) is 0.383. The summed E-state index contributed by atoms with van der Waals surface area (Å²) < 4.78 is 11.2. The first-order chi connectivity index (χ1) is 14.3. The van der Waals surface area contributed by atoms with E-state index in [0.717, 1.165) is 0 Å². The second-order valence-electron chi connectivity index (χ2n) is 6.55. The number of rotatable bonds is 8. The summed E-state index contributed by atoms with van der Waals surface area (Å²) in [5.41, 5.74) is 1.60. The van der Waals surface area contributed by atoms with E-state index in [0.29, 0.717) is 40.2 Å². The molecule has 0 unspecified atom stereocenters. The van der Waals surface area contributed by atoms with Gasteiger partial charge in [-0.15, -0.1) is 0 Å². The largest absolute Gasteiger partial charge is 0.490 e. The molecule has 0 radical (unpaired) electrons. The van der Waals surface area contributed by atoms with Crippen LogP contribution in [0.4, 0.5) is 5.69 Å². The van der Waals surface area contributed by atoms with E-state index in [1.165, 1.54) is 0 Å². The second kappa shape index (κ2) is 11.6. The molecule has 160 valence electrons. The fraction of sp³-hybridized carbons (Fsp3) is 0.286. The maximum absolute atomic E-state index is 12.4. The molecule has 0 saturated carbocycles. The number of benzene rings is 2. The number of anilines is 1. The van der Waals surface area contributed by atoms with Crippen molar-refractivity contribution in [1.82, 2.24) is 10.6 Å². The molecule has 30 heavy (non-hydrogen) atoms. The molecule has 2 aromatic carbocycles. The third kappa shape index (κ3) is 7.40. The number of nitrogens with one attached hydrogen (secondary N) is 3. The highest BCUT2D eigenvalue weighted by molar-refractivity contribution is 9.10. The Hall–Kier alpha value is -2.49. The molecule has 0 fully saturated rings. The maximum Gasteiger partial charge on any atom is 0.257 e. The number of hydrogen-bond donors (Lipinski definition) is 3. The Morgan fingerprint density at radius 1 is 1.07 bits per heavy atom. The van der Waals surface area contributed by atoms with Gasteiger partial charge in [-0.25, -0.2) is 0 Å². The predicted octanol–water partition coefficient (Wildman–Crippen LogP) is 3.74. The first-order valence-electron chi connectivity index (χ1n) is 9.26. The Morgan fingerprint density at radius 2 is 1.73 bits per heavy atom. The Balaban J connectivity index is 1.91. The molecule has 0 bridgehead atoms. The Morgan fingerprint density at radius 3 is 2.33 bits per heavy atom. The number of thiocarbonyl (C=S) groups is 1. The van der Waals surface area contributed by atoms with Crippen LogP contribution in [0.15, 0.2) is 46.9 Å². The molecule has 0 spiro atoms. The van der Waals surface area contributed by atoms with E-state index in [2.05, 4.69) is 31.9 Å². The van der Waals surface area contributed by atoms with Crippen LogP contribution in [0.5, 0.6) is 5.75 Å². The van der Waals surface area contributed by atoms with Crippen molar-refractivity contribution in [1.29, 1.82) is 0 Å². The zero-order valence-corrected chi connectivity index (χ0v) is 19.4. The smallest absolute Gasteiger partial charge is 0.257 e. The zero-order chi connectivity index (χ0) is 22.1. The van der Waals surface area contributed by atoms with Gasteiger partial charge in [0.15, 0.2) is 5.11 Å². The summed E-state index contributed by atoms with van der Waals surface area (Å²) in [7, 11) is 1.57. The van der Waals surface area contributed by atoms with Crippen LogP contribution in [0, 0.1) is 0 Å². The summed E-state index contributed by atoms with van der Waals surface area (Å²) in [5, 5.41) is 8.45. The van der Waals surface area contributed by atoms with Gasteiger partial charge >= 0.3 is 0 Å². The van der Waals surface area contributed by atoms with Crippen molar-refractivity contribution in [2.75, 3.05) is 25.6 Å². The van der Waals surface area contributed by atoms with Crippen LogP contribution in [0.2, 0.25) is 0 Å². The van der Waals surface area contributed by atoms with E-state index in [4.69, 9.17) is 21.7 Å². The molecule has 7 nitrogen and oxygen atoms in total. The third-order valence-electron chi connectivity index (χ3n) is 3.78. The molecule has 2 rings (SSSR count). The summed E-state index contributed by atoms with van der Waals surface area (Å²) in [6.07, 6.45) is 0.0283. The molecule has 0 heterocycles. The third-order valence-corrected chi connectivity index (χ3v) is 4.60. The number of carbonyl (C=O) groups excluding carboxylic acids is 2. The van der Waals surface area contributed by atoms with Gasteiger partial charge in [-0.05, 0) is 84.5 Å². The van der Waals surface area contributed by atoms with Gasteiger partial charge < -0.3 is 20.1 Å². The summed E-state index contributed by atoms with van der Waals surface area (Å²) >= 11 is 8.62. The van der Waals surface area contributed by atoms with Crippen LogP contribution in [-0.2, 0) is 4.74 Å². The highest BCUT2D eigenvalue weighted by Gasteiger charge is 2.12. The molecule has 9 heteroatoms. The number of halogens is 1. The summed E-state index contributed by atoms with van der Waals surface area (Å²) in [5.74, 6) is 0.122. The average molecular weight is 494 g/mol. The van der Waals surface area contributed by atoms with E-state index < -0.39 is 0 Å². The first kappa shape index (κ1) is 23.8. The lowest BCUT2D eigenvalue weighted by Crippen LogP contribution is -2.34. The average Bonchev–Trinajstić information content (AvgIpc) is 2.69. The fourth-order valence-corrected chi connectivity index (χ4v) is 3.09. The lowest BCUT2D eigenvalue weighted by molar-refractivity contribution is 0.0935. The molecular formula is C21H24BrN3O4S. The van der Waals surface area contributed by atoms with Crippen molar-refractivity contribution < 1.29 is 19.1 Å². The van der Waals surface area contributed by atoms with Gasteiger partial charge in [0.2, 0.25) is 0 Å². The van der Waals surface area contributed by atoms with Gasteiger partial charge in [0.1, 0.15) is 5.75 Å². The lowest BCUT2D eigenvalue weighted by atomic mass is 10.2. The number of methoxy groups -OCH3 is 1. The SMILES string of the molecule is COCCNC(=O)c1ccc(NC(=S)NC(=O)c2ccc(OC(C)C)c(Br)c2)cc1. The number of carbonyl (C=O) groups is 2. The van der Waals surface area contributed by atoms with E-state index in [9.17, 15) is 9.59 Å². The minimum Gasteiger partial charge on any atom is -0.490 e. The Labute approximate surface area is 189 Å². The molecule has 0 saturated heterocycles. The first-order valence-corrected chi connectivity index (χ1v) is 10.5. The van der Waals surface area contributed by atoms with Crippen LogP contribution >= 0.6 is 28.1 Å². The summed E-state index contributed by atoms with van der Waals surface area (Å²) in [6, 6.07) is 11.8. The topological polar surface area (TPSA) is 88.7 Å².